The van der Waals surface area contributed by atoms with Gasteiger partial charge in [0.15, 0.2) is 0 Å². The summed E-state index contributed by atoms with van der Waals surface area (Å²) in [6.45, 7) is 0. The molecular weight excluding hydrogens is 207 g/mol. The van der Waals surface area contributed by atoms with Gasteiger partial charge < -0.3 is 0 Å². The molecule has 40 valence electrons. The van der Waals surface area contributed by atoms with Crippen LogP contribution in [0.2, 0.25) is 0 Å². The van der Waals surface area contributed by atoms with E-state index in [0.29, 0.717) is 10.9 Å². The zero-order valence-corrected chi connectivity index (χ0v) is 7.29. The molecule has 0 unspecified atom stereocenters. The second-order valence-corrected chi connectivity index (χ2v) is 5.18. The van der Waals surface area contributed by atoms with Crippen LogP contribution in [0.15, 0.2) is 0 Å². The van der Waals surface area contributed by atoms with Gasteiger partial charge in [-0.05, 0) is 18.3 Å². The minimum atomic E-state index is 0.392. The molecule has 0 fully saturated rings. The molecule has 0 aliphatic rings. The highest BCUT2D eigenvalue weighted by atomic mass is 127. The van der Waals surface area contributed by atoms with Crippen LogP contribution in [-0.2, 0) is 0 Å². The van der Waals surface area contributed by atoms with Crippen molar-refractivity contribution in [1.29, 1.82) is 0 Å². The van der Waals surface area contributed by atoms with Gasteiger partial charge >= 0.3 is 0 Å². The predicted molar refractivity (Wildman–Crippen MR) is 44.6 cm³/mol. The Bertz CT molecular complexity index is 28.7. The molecule has 0 nitrogen and oxygen atoms in total. The molecule has 0 N–H and O–H groups in total. The lowest BCUT2D eigenvalue weighted by atomic mass is 11.0. The van der Waals surface area contributed by atoms with Gasteiger partial charge in [0, 0.05) is 4.43 Å². The summed E-state index contributed by atoms with van der Waals surface area (Å²) in [5.41, 5.74) is 0. The van der Waals surface area contributed by atoms with Crippen LogP contribution >= 0.6 is 33.5 Å². The zero-order valence-electron chi connectivity index (χ0n) is 4.24. The lowest BCUT2D eigenvalue weighted by Crippen LogP contribution is -1.82. The summed E-state index contributed by atoms with van der Waals surface area (Å²) in [5.74, 6) is 1.43. The van der Waals surface area contributed by atoms with E-state index >= 15 is 0 Å². The normalized spacial score (nSPS) is 11.5. The van der Waals surface area contributed by atoms with E-state index in [1.165, 1.54) is 10.2 Å². The first-order valence-corrected chi connectivity index (χ1v) is 5.92. The highest BCUT2D eigenvalue weighted by Crippen LogP contribution is 2.12. The SMILES string of the molecule is C[SH](C)CCI. The Morgan fingerprint density at radius 3 is 2.00 bits per heavy atom. The summed E-state index contributed by atoms with van der Waals surface area (Å²) in [6.07, 6.45) is 4.63. The first-order chi connectivity index (χ1) is 2.77. The maximum absolute atomic E-state index is 2.42. The summed E-state index contributed by atoms with van der Waals surface area (Å²) in [6, 6.07) is 0. The fourth-order valence-electron chi connectivity index (χ4n) is 0.169. The van der Waals surface area contributed by atoms with Gasteiger partial charge in [-0.25, -0.2) is 0 Å². The number of alkyl halides is 1. The second-order valence-electron chi connectivity index (χ2n) is 1.49. The molecule has 0 rings (SSSR count). The Balaban J connectivity index is 2.63. The second kappa shape index (κ2) is 4.24. The Labute approximate surface area is 56.2 Å². The van der Waals surface area contributed by atoms with Gasteiger partial charge in [-0.3, -0.25) is 10.9 Å². The predicted octanol–water partition coefficient (Wildman–Crippen LogP) is 1.68. The monoisotopic (exact) mass is 218 g/mol. The number of thiol groups is 1. The first-order valence-electron chi connectivity index (χ1n) is 1.98. The lowest BCUT2D eigenvalue weighted by Gasteiger charge is -2.02. The quantitative estimate of drug-likeness (QED) is 0.407. The molecule has 6 heavy (non-hydrogen) atoms. The van der Waals surface area contributed by atoms with Crippen molar-refractivity contribution in [2.75, 3.05) is 22.7 Å². The minimum Gasteiger partial charge on any atom is -0.258 e. The van der Waals surface area contributed by atoms with Crippen molar-refractivity contribution in [3.05, 3.63) is 0 Å². The molecule has 0 aromatic rings. The molecule has 0 radical (unpaired) electrons. The molecular formula is C4H11IS. The summed E-state index contributed by atoms with van der Waals surface area (Å²) in [5, 5.41) is 0. The molecule has 0 atom stereocenters. The standard InChI is InChI=1S/C4H11IS/c1-6(2)4-3-5/h6H,3-4H2,1-2H3. The van der Waals surface area contributed by atoms with Crippen LogP contribution in [0.4, 0.5) is 0 Å². The fraction of sp³-hybridized carbons (Fsp3) is 1.00. The lowest BCUT2D eigenvalue weighted by molar-refractivity contribution is 1.59. The van der Waals surface area contributed by atoms with Gasteiger partial charge in [0.05, 0.1) is 0 Å². The van der Waals surface area contributed by atoms with Crippen LogP contribution in [-0.4, -0.2) is 22.7 Å². The average Bonchev–Trinajstić information content (AvgIpc) is 1.35. The van der Waals surface area contributed by atoms with Crippen molar-refractivity contribution in [2.45, 2.75) is 0 Å². The van der Waals surface area contributed by atoms with Crippen molar-refractivity contribution >= 4 is 33.5 Å². The number of hydrogen-bond acceptors (Lipinski definition) is 0. The van der Waals surface area contributed by atoms with Crippen LogP contribution in [0.5, 0.6) is 0 Å². The van der Waals surface area contributed by atoms with E-state index in [9.17, 15) is 0 Å². The summed E-state index contributed by atoms with van der Waals surface area (Å²) < 4.78 is 1.33. The molecule has 0 bridgehead atoms. The van der Waals surface area contributed by atoms with Gasteiger partial charge in [-0.1, -0.05) is 22.6 Å². The van der Waals surface area contributed by atoms with E-state index in [2.05, 4.69) is 35.1 Å². The largest absolute Gasteiger partial charge is 0.258 e. The van der Waals surface area contributed by atoms with Gasteiger partial charge in [0.25, 0.3) is 0 Å². The molecule has 0 amide bonds. The Hall–Kier alpha value is 1.08. The van der Waals surface area contributed by atoms with Crippen molar-refractivity contribution in [3.63, 3.8) is 0 Å². The van der Waals surface area contributed by atoms with Crippen LogP contribution in [0.3, 0.4) is 0 Å². The number of rotatable bonds is 2. The Morgan fingerprint density at radius 1 is 1.50 bits per heavy atom. The summed E-state index contributed by atoms with van der Waals surface area (Å²) >= 11 is 2.42. The van der Waals surface area contributed by atoms with Crippen molar-refractivity contribution in [1.82, 2.24) is 0 Å². The van der Waals surface area contributed by atoms with E-state index in [1.807, 2.05) is 0 Å². The van der Waals surface area contributed by atoms with Crippen LogP contribution < -0.4 is 0 Å². The van der Waals surface area contributed by atoms with E-state index in [0.717, 1.165) is 0 Å². The molecule has 0 saturated heterocycles. The molecule has 0 saturated carbocycles. The van der Waals surface area contributed by atoms with Crippen molar-refractivity contribution < 1.29 is 0 Å². The molecule has 0 aromatic carbocycles. The van der Waals surface area contributed by atoms with Crippen LogP contribution in [0.1, 0.15) is 0 Å². The average molecular weight is 218 g/mol. The number of hydrogen-bond donors (Lipinski definition) is 1. The van der Waals surface area contributed by atoms with Crippen LogP contribution in [0.25, 0.3) is 0 Å². The van der Waals surface area contributed by atoms with E-state index in [-0.39, 0.29) is 0 Å². The molecule has 0 aromatic heterocycles. The highest BCUT2D eigenvalue weighted by molar-refractivity contribution is 14.1. The fourth-order valence-corrected chi connectivity index (χ4v) is 3.40. The van der Waals surface area contributed by atoms with E-state index < -0.39 is 0 Å². The maximum atomic E-state index is 2.42. The van der Waals surface area contributed by atoms with E-state index in [1.54, 1.807) is 0 Å². The van der Waals surface area contributed by atoms with Crippen molar-refractivity contribution in [2.24, 2.45) is 0 Å². The molecule has 0 spiro atoms. The third kappa shape index (κ3) is 5.08. The Kier molecular flexibility index (Phi) is 5.01. The maximum Gasteiger partial charge on any atom is 0.00693 e. The highest BCUT2D eigenvalue weighted by Gasteiger charge is 1.80. The zero-order chi connectivity index (χ0) is 4.99. The van der Waals surface area contributed by atoms with Gasteiger partial charge in [-0.2, -0.15) is 0 Å². The van der Waals surface area contributed by atoms with Crippen molar-refractivity contribution in [3.8, 4) is 0 Å². The third-order valence-electron chi connectivity index (χ3n) is 0.532. The third-order valence-corrected chi connectivity index (χ3v) is 3.04. The molecule has 2 heteroatoms. The van der Waals surface area contributed by atoms with Gasteiger partial charge in [-0.15, -0.1) is 0 Å². The minimum absolute atomic E-state index is 0.392. The molecule has 0 heterocycles. The Morgan fingerprint density at radius 2 is 2.00 bits per heavy atom. The van der Waals surface area contributed by atoms with Crippen LogP contribution in [0, 0.1) is 0 Å². The summed E-state index contributed by atoms with van der Waals surface area (Å²) in [4.78, 5) is 0. The van der Waals surface area contributed by atoms with Gasteiger partial charge in [0.1, 0.15) is 0 Å². The first kappa shape index (κ1) is 7.08. The summed E-state index contributed by atoms with van der Waals surface area (Å²) in [7, 11) is 0.392. The van der Waals surface area contributed by atoms with E-state index in [4.69, 9.17) is 0 Å². The smallest absolute Gasteiger partial charge is 0.00693 e. The molecule has 0 aliphatic carbocycles. The topological polar surface area (TPSA) is 0 Å². The van der Waals surface area contributed by atoms with Gasteiger partial charge in [0.2, 0.25) is 0 Å². The molecule has 0 aliphatic heterocycles. The number of halogens is 1.